The third-order valence-electron chi connectivity index (χ3n) is 6.80. The zero-order valence-electron chi connectivity index (χ0n) is 23.7. The molecule has 5 rings (SSSR count). The fourth-order valence-electron chi connectivity index (χ4n) is 4.73. The van der Waals surface area contributed by atoms with E-state index in [4.69, 9.17) is 16.3 Å². The first-order chi connectivity index (χ1) is 20.5. The Kier molecular flexibility index (Phi) is 10.1. The van der Waals surface area contributed by atoms with Crippen molar-refractivity contribution < 1.29 is 9.53 Å². The lowest BCUT2D eigenvalue weighted by Gasteiger charge is -2.21. The maximum atomic E-state index is 13.2. The highest BCUT2D eigenvalue weighted by Crippen LogP contribution is 2.31. The smallest absolute Gasteiger partial charge is 0.246 e. The van der Waals surface area contributed by atoms with Gasteiger partial charge in [-0.15, -0.1) is 10.2 Å². The SMILES string of the molecule is Cc1cccc(CSc2nnc(C(Cc3ccccc3)NC(=O)COCc3ccccc3)n2-c2cc(Cl)ccc2C)c1. The van der Waals surface area contributed by atoms with Gasteiger partial charge in [-0.05, 0) is 54.7 Å². The minimum atomic E-state index is -0.459. The maximum absolute atomic E-state index is 13.2. The number of thioether (sulfide) groups is 1. The van der Waals surface area contributed by atoms with Crippen LogP contribution in [0.5, 0.6) is 0 Å². The van der Waals surface area contributed by atoms with Gasteiger partial charge in [0.25, 0.3) is 0 Å². The zero-order chi connectivity index (χ0) is 29.3. The van der Waals surface area contributed by atoms with E-state index in [9.17, 15) is 4.79 Å². The summed E-state index contributed by atoms with van der Waals surface area (Å²) in [4.78, 5) is 13.2. The molecule has 42 heavy (non-hydrogen) atoms. The molecule has 0 radical (unpaired) electrons. The monoisotopic (exact) mass is 596 g/mol. The van der Waals surface area contributed by atoms with Crippen molar-refractivity contribution in [2.45, 2.75) is 43.8 Å². The van der Waals surface area contributed by atoms with E-state index in [2.05, 4.69) is 46.7 Å². The molecular weight excluding hydrogens is 564 g/mol. The number of amides is 1. The number of aryl methyl sites for hydroxylation is 2. The van der Waals surface area contributed by atoms with Crippen molar-refractivity contribution in [1.82, 2.24) is 20.1 Å². The average Bonchev–Trinajstić information content (AvgIpc) is 3.42. The second-order valence-electron chi connectivity index (χ2n) is 10.2. The van der Waals surface area contributed by atoms with Crippen LogP contribution < -0.4 is 5.32 Å². The van der Waals surface area contributed by atoms with Crippen molar-refractivity contribution >= 4 is 29.3 Å². The summed E-state index contributed by atoms with van der Waals surface area (Å²) < 4.78 is 7.77. The van der Waals surface area contributed by atoms with Gasteiger partial charge in [-0.25, -0.2) is 0 Å². The van der Waals surface area contributed by atoms with E-state index < -0.39 is 6.04 Å². The number of ether oxygens (including phenoxy) is 1. The van der Waals surface area contributed by atoms with Crippen molar-refractivity contribution in [1.29, 1.82) is 0 Å². The Morgan fingerprint density at radius 3 is 2.33 bits per heavy atom. The van der Waals surface area contributed by atoms with Gasteiger partial charge in [-0.3, -0.25) is 9.36 Å². The molecule has 4 aromatic carbocycles. The van der Waals surface area contributed by atoms with Crippen molar-refractivity contribution in [2.24, 2.45) is 0 Å². The summed E-state index contributed by atoms with van der Waals surface area (Å²) in [6.07, 6.45) is 0.533. The van der Waals surface area contributed by atoms with Crippen LogP contribution in [-0.2, 0) is 28.3 Å². The normalized spacial score (nSPS) is 11.8. The molecule has 0 bridgehead atoms. The van der Waals surface area contributed by atoms with Crippen molar-refractivity contribution in [3.05, 3.63) is 142 Å². The Balaban J connectivity index is 1.46. The van der Waals surface area contributed by atoms with Crippen LogP contribution in [0.4, 0.5) is 0 Å². The number of carbonyl (C=O) groups is 1. The zero-order valence-corrected chi connectivity index (χ0v) is 25.2. The molecule has 1 amide bonds. The van der Waals surface area contributed by atoms with E-state index in [0.29, 0.717) is 23.9 Å². The largest absolute Gasteiger partial charge is 0.367 e. The molecule has 0 fully saturated rings. The molecule has 1 N–H and O–H groups in total. The topological polar surface area (TPSA) is 69.0 Å². The van der Waals surface area contributed by atoms with Crippen LogP contribution in [0.25, 0.3) is 5.69 Å². The number of carbonyl (C=O) groups excluding carboxylic acids is 1. The van der Waals surface area contributed by atoms with Gasteiger partial charge in [0.05, 0.1) is 18.3 Å². The molecule has 0 saturated carbocycles. The third-order valence-corrected chi connectivity index (χ3v) is 8.03. The first-order valence-corrected chi connectivity index (χ1v) is 15.2. The maximum Gasteiger partial charge on any atom is 0.246 e. The number of aromatic nitrogens is 3. The van der Waals surface area contributed by atoms with E-state index >= 15 is 0 Å². The first kappa shape index (κ1) is 29.6. The van der Waals surface area contributed by atoms with Gasteiger partial charge >= 0.3 is 0 Å². The molecule has 1 atom stereocenters. The summed E-state index contributed by atoms with van der Waals surface area (Å²) >= 11 is 8.09. The summed E-state index contributed by atoms with van der Waals surface area (Å²) in [6.45, 7) is 4.41. The molecule has 0 aliphatic carbocycles. The fraction of sp³-hybridized carbons (Fsp3) is 0.206. The van der Waals surface area contributed by atoms with Crippen LogP contribution >= 0.6 is 23.4 Å². The molecular formula is C34H33ClN4O2S. The summed E-state index contributed by atoms with van der Waals surface area (Å²) in [6, 6.07) is 33.6. The van der Waals surface area contributed by atoms with E-state index in [0.717, 1.165) is 33.3 Å². The molecule has 8 heteroatoms. The lowest BCUT2D eigenvalue weighted by Crippen LogP contribution is -2.34. The van der Waals surface area contributed by atoms with Crippen molar-refractivity contribution in [2.75, 3.05) is 6.61 Å². The Morgan fingerprint density at radius 1 is 0.881 bits per heavy atom. The standard InChI is InChI=1S/C34H33ClN4O2S/c1-24-10-9-15-28(18-24)23-42-34-38-37-33(39(34)31-20-29(35)17-16-25(31)2)30(19-26-11-5-3-6-12-26)36-32(40)22-41-21-27-13-7-4-8-14-27/h3-18,20,30H,19,21-23H2,1-2H3,(H,36,40). The van der Waals surface area contributed by atoms with E-state index in [1.807, 2.05) is 90.4 Å². The second-order valence-corrected chi connectivity index (χ2v) is 11.6. The van der Waals surface area contributed by atoms with E-state index in [-0.39, 0.29) is 12.5 Å². The molecule has 0 spiro atoms. The van der Waals surface area contributed by atoms with E-state index in [1.54, 1.807) is 11.8 Å². The van der Waals surface area contributed by atoms with Crippen LogP contribution in [-0.4, -0.2) is 27.3 Å². The molecule has 214 valence electrons. The van der Waals surface area contributed by atoms with Gasteiger partial charge in [-0.1, -0.05) is 120 Å². The highest BCUT2D eigenvalue weighted by Gasteiger charge is 2.26. The minimum absolute atomic E-state index is 0.0700. The molecule has 1 aromatic heterocycles. The number of halogens is 1. The van der Waals surface area contributed by atoms with Gasteiger partial charge in [0.1, 0.15) is 6.61 Å². The molecule has 5 aromatic rings. The van der Waals surface area contributed by atoms with Crippen LogP contribution in [0.1, 0.15) is 39.7 Å². The number of hydrogen-bond acceptors (Lipinski definition) is 5. The van der Waals surface area contributed by atoms with Crippen LogP contribution in [0, 0.1) is 13.8 Å². The number of nitrogens with one attached hydrogen (secondary N) is 1. The predicted octanol–water partition coefficient (Wildman–Crippen LogP) is 7.45. The van der Waals surface area contributed by atoms with Crippen molar-refractivity contribution in [3.63, 3.8) is 0 Å². The first-order valence-electron chi connectivity index (χ1n) is 13.8. The predicted molar refractivity (Wildman–Crippen MR) is 169 cm³/mol. The quantitative estimate of drug-likeness (QED) is 0.152. The third kappa shape index (κ3) is 7.88. The molecule has 1 heterocycles. The summed E-state index contributed by atoms with van der Waals surface area (Å²) in [7, 11) is 0. The van der Waals surface area contributed by atoms with Gasteiger partial charge in [0.2, 0.25) is 5.91 Å². The Morgan fingerprint density at radius 2 is 1.60 bits per heavy atom. The molecule has 6 nitrogen and oxygen atoms in total. The highest BCUT2D eigenvalue weighted by atomic mass is 35.5. The summed E-state index contributed by atoms with van der Waals surface area (Å²) in [5, 5.41) is 13.8. The number of nitrogens with zero attached hydrogens (tertiary/aromatic N) is 3. The van der Waals surface area contributed by atoms with Crippen LogP contribution in [0.15, 0.2) is 108 Å². The Hall–Kier alpha value is -3.91. The van der Waals surface area contributed by atoms with Gasteiger partial charge in [0.15, 0.2) is 11.0 Å². The average molecular weight is 597 g/mol. The van der Waals surface area contributed by atoms with Crippen LogP contribution in [0.3, 0.4) is 0 Å². The Labute approximate surface area is 256 Å². The van der Waals surface area contributed by atoms with Gasteiger partial charge < -0.3 is 10.1 Å². The van der Waals surface area contributed by atoms with Crippen LogP contribution in [0.2, 0.25) is 5.02 Å². The number of benzene rings is 4. The molecule has 1 unspecified atom stereocenters. The lowest BCUT2D eigenvalue weighted by atomic mass is 10.0. The number of rotatable bonds is 12. The fourth-order valence-corrected chi connectivity index (χ4v) is 5.79. The summed E-state index contributed by atoms with van der Waals surface area (Å²) in [5.41, 5.74) is 6.39. The molecule has 0 saturated heterocycles. The second kappa shape index (κ2) is 14.3. The van der Waals surface area contributed by atoms with Crippen molar-refractivity contribution in [3.8, 4) is 5.69 Å². The summed E-state index contributed by atoms with van der Waals surface area (Å²) in [5.74, 6) is 1.13. The molecule has 0 aliphatic rings. The van der Waals surface area contributed by atoms with Gasteiger partial charge in [-0.2, -0.15) is 0 Å². The number of hydrogen-bond donors (Lipinski definition) is 1. The lowest BCUT2D eigenvalue weighted by molar-refractivity contribution is -0.126. The van der Waals surface area contributed by atoms with E-state index in [1.165, 1.54) is 11.1 Å². The minimum Gasteiger partial charge on any atom is -0.367 e. The molecule has 0 aliphatic heterocycles. The highest BCUT2D eigenvalue weighted by molar-refractivity contribution is 7.98. The Bertz CT molecular complexity index is 1630. The van der Waals surface area contributed by atoms with Gasteiger partial charge in [0, 0.05) is 10.8 Å².